The number of ether oxygens (including phenoxy) is 1. The Morgan fingerprint density at radius 3 is 3.06 bits per heavy atom. The van der Waals surface area contributed by atoms with Crippen LogP contribution < -0.4 is 5.32 Å². The summed E-state index contributed by atoms with van der Waals surface area (Å²) in [5.74, 6) is 0.539. The second-order valence-electron chi connectivity index (χ2n) is 4.04. The van der Waals surface area contributed by atoms with Gasteiger partial charge in [0, 0.05) is 30.6 Å². The molecule has 0 saturated heterocycles. The summed E-state index contributed by atoms with van der Waals surface area (Å²) in [6, 6.07) is 7.19. The normalized spacial score (nSPS) is 13.1. The van der Waals surface area contributed by atoms with Crippen molar-refractivity contribution < 1.29 is 14.3 Å². The smallest absolute Gasteiger partial charge is 0.135 e. The van der Waals surface area contributed by atoms with Crippen molar-refractivity contribution in [1.82, 2.24) is 5.32 Å². The van der Waals surface area contributed by atoms with Gasteiger partial charge in [0.1, 0.15) is 17.4 Å². The molecule has 4 nitrogen and oxygen atoms in total. The minimum Gasteiger partial charge on any atom is -0.458 e. The van der Waals surface area contributed by atoms with Crippen LogP contribution in [-0.4, -0.2) is 31.9 Å². The molecule has 98 valence electrons. The molecule has 0 saturated carbocycles. The largest absolute Gasteiger partial charge is 0.458 e. The van der Waals surface area contributed by atoms with E-state index in [2.05, 4.69) is 5.32 Å². The van der Waals surface area contributed by atoms with Crippen LogP contribution >= 0.6 is 11.6 Å². The number of furan rings is 1. The van der Waals surface area contributed by atoms with Crippen molar-refractivity contribution in [3.63, 3.8) is 0 Å². The van der Waals surface area contributed by atoms with Gasteiger partial charge in [-0.15, -0.1) is 0 Å². The van der Waals surface area contributed by atoms with E-state index < -0.39 is 6.10 Å². The zero-order valence-electron chi connectivity index (χ0n) is 10.1. The standard InChI is InChI=1S/C13H16ClNO3/c1-17-5-4-15-8-11(16)13-7-9-6-10(14)2-3-12(9)18-13/h2-3,6-7,11,15-16H,4-5,8H2,1H3. The van der Waals surface area contributed by atoms with E-state index in [-0.39, 0.29) is 0 Å². The van der Waals surface area contributed by atoms with Gasteiger partial charge in [0.05, 0.1) is 6.61 Å². The van der Waals surface area contributed by atoms with Gasteiger partial charge in [-0.1, -0.05) is 11.6 Å². The van der Waals surface area contributed by atoms with E-state index in [4.69, 9.17) is 20.8 Å². The maximum atomic E-state index is 9.96. The van der Waals surface area contributed by atoms with E-state index in [9.17, 15) is 5.11 Å². The van der Waals surface area contributed by atoms with Gasteiger partial charge in [0.25, 0.3) is 0 Å². The van der Waals surface area contributed by atoms with Crippen molar-refractivity contribution >= 4 is 22.6 Å². The molecule has 1 heterocycles. The first-order valence-corrected chi connectivity index (χ1v) is 6.15. The highest BCUT2D eigenvalue weighted by Gasteiger charge is 2.13. The second kappa shape index (κ2) is 6.20. The van der Waals surface area contributed by atoms with Crippen LogP contribution in [0.15, 0.2) is 28.7 Å². The van der Waals surface area contributed by atoms with Crippen LogP contribution in [0.1, 0.15) is 11.9 Å². The van der Waals surface area contributed by atoms with Crippen LogP contribution in [0.4, 0.5) is 0 Å². The Kier molecular flexibility index (Phi) is 4.60. The molecule has 18 heavy (non-hydrogen) atoms. The Morgan fingerprint density at radius 1 is 1.44 bits per heavy atom. The maximum absolute atomic E-state index is 9.96. The Labute approximate surface area is 110 Å². The van der Waals surface area contributed by atoms with Crippen molar-refractivity contribution in [2.45, 2.75) is 6.10 Å². The number of nitrogens with one attached hydrogen (secondary N) is 1. The molecule has 1 aromatic carbocycles. The fourth-order valence-corrected chi connectivity index (χ4v) is 1.89. The Bertz CT molecular complexity index is 512. The van der Waals surface area contributed by atoms with Gasteiger partial charge >= 0.3 is 0 Å². The maximum Gasteiger partial charge on any atom is 0.135 e. The molecule has 0 aliphatic heterocycles. The van der Waals surface area contributed by atoms with Crippen molar-refractivity contribution in [3.8, 4) is 0 Å². The first-order chi connectivity index (χ1) is 8.70. The highest BCUT2D eigenvalue weighted by atomic mass is 35.5. The summed E-state index contributed by atoms with van der Waals surface area (Å²) in [6.07, 6.45) is -0.673. The van der Waals surface area contributed by atoms with Crippen LogP contribution in [0.3, 0.4) is 0 Å². The average Bonchev–Trinajstić information content (AvgIpc) is 2.77. The van der Waals surface area contributed by atoms with Gasteiger partial charge in [-0.05, 0) is 24.3 Å². The number of hydrogen-bond acceptors (Lipinski definition) is 4. The Morgan fingerprint density at radius 2 is 2.28 bits per heavy atom. The highest BCUT2D eigenvalue weighted by molar-refractivity contribution is 6.31. The van der Waals surface area contributed by atoms with Crippen LogP contribution in [0.25, 0.3) is 11.0 Å². The number of fused-ring (bicyclic) bond motifs is 1. The van der Waals surface area contributed by atoms with E-state index in [1.54, 1.807) is 19.2 Å². The Hall–Kier alpha value is -1.07. The molecule has 0 bridgehead atoms. The number of methoxy groups -OCH3 is 1. The summed E-state index contributed by atoms with van der Waals surface area (Å²) >= 11 is 5.90. The molecule has 1 atom stereocenters. The number of hydrogen-bond donors (Lipinski definition) is 2. The van der Waals surface area contributed by atoms with Gasteiger partial charge in [-0.25, -0.2) is 0 Å². The molecule has 0 fully saturated rings. The average molecular weight is 270 g/mol. The SMILES string of the molecule is COCCNCC(O)c1cc2cc(Cl)ccc2o1. The third-order valence-electron chi connectivity index (χ3n) is 2.65. The van der Waals surface area contributed by atoms with E-state index in [1.165, 1.54) is 0 Å². The van der Waals surface area contributed by atoms with Crippen LogP contribution in [-0.2, 0) is 4.74 Å². The summed E-state index contributed by atoms with van der Waals surface area (Å²) in [7, 11) is 1.64. The number of benzene rings is 1. The zero-order valence-corrected chi connectivity index (χ0v) is 10.9. The zero-order chi connectivity index (χ0) is 13.0. The van der Waals surface area contributed by atoms with Gasteiger partial charge in [0.15, 0.2) is 0 Å². The first-order valence-electron chi connectivity index (χ1n) is 5.77. The molecule has 2 rings (SSSR count). The lowest BCUT2D eigenvalue weighted by Gasteiger charge is -2.08. The predicted octanol–water partition coefficient (Wildman–Crippen LogP) is 2.36. The molecule has 1 aromatic heterocycles. The molecule has 2 N–H and O–H groups in total. The van der Waals surface area contributed by atoms with Gasteiger partial charge in [-0.3, -0.25) is 0 Å². The van der Waals surface area contributed by atoms with Crippen LogP contribution in [0, 0.1) is 0 Å². The van der Waals surface area contributed by atoms with E-state index in [1.807, 2.05) is 12.1 Å². The van der Waals surface area contributed by atoms with E-state index in [0.717, 1.165) is 11.0 Å². The predicted molar refractivity (Wildman–Crippen MR) is 70.9 cm³/mol. The van der Waals surface area contributed by atoms with Gasteiger partial charge < -0.3 is 19.6 Å². The first kappa shape index (κ1) is 13.4. The summed E-state index contributed by atoms with van der Waals surface area (Å²) in [5.41, 5.74) is 0.727. The lowest BCUT2D eigenvalue weighted by molar-refractivity contribution is 0.142. The molecular formula is C13H16ClNO3. The third-order valence-corrected chi connectivity index (χ3v) is 2.88. The summed E-state index contributed by atoms with van der Waals surface area (Å²) < 4.78 is 10.5. The molecule has 0 radical (unpaired) electrons. The minimum absolute atomic E-state index is 0.427. The van der Waals surface area contributed by atoms with Crippen molar-refractivity contribution in [1.29, 1.82) is 0 Å². The molecule has 0 aliphatic rings. The quantitative estimate of drug-likeness (QED) is 0.791. The second-order valence-corrected chi connectivity index (χ2v) is 4.48. The molecule has 0 spiro atoms. The van der Waals surface area contributed by atoms with Crippen LogP contribution in [0.5, 0.6) is 0 Å². The number of halogens is 1. The van der Waals surface area contributed by atoms with E-state index >= 15 is 0 Å². The van der Waals surface area contributed by atoms with E-state index in [0.29, 0.717) is 30.5 Å². The van der Waals surface area contributed by atoms with Crippen molar-refractivity contribution in [3.05, 3.63) is 35.0 Å². The number of rotatable bonds is 6. The van der Waals surface area contributed by atoms with Gasteiger partial charge in [0.2, 0.25) is 0 Å². The fraction of sp³-hybridized carbons (Fsp3) is 0.385. The third kappa shape index (κ3) is 3.23. The fourth-order valence-electron chi connectivity index (χ4n) is 1.71. The number of aliphatic hydroxyl groups is 1. The molecule has 0 aliphatic carbocycles. The topological polar surface area (TPSA) is 54.6 Å². The number of aliphatic hydroxyl groups excluding tert-OH is 1. The minimum atomic E-state index is -0.673. The lowest BCUT2D eigenvalue weighted by atomic mass is 10.2. The summed E-state index contributed by atoms with van der Waals surface area (Å²) in [4.78, 5) is 0. The molecule has 1 unspecified atom stereocenters. The molecule has 0 amide bonds. The molecule has 5 heteroatoms. The lowest BCUT2D eigenvalue weighted by Crippen LogP contribution is -2.24. The summed E-state index contributed by atoms with van der Waals surface area (Å²) in [6.45, 7) is 1.74. The van der Waals surface area contributed by atoms with Crippen molar-refractivity contribution in [2.24, 2.45) is 0 Å². The highest BCUT2D eigenvalue weighted by Crippen LogP contribution is 2.26. The molecule has 2 aromatic rings. The monoisotopic (exact) mass is 269 g/mol. The van der Waals surface area contributed by atoms with Gasteiger partial charge in [-0.2, -0.15) is 0 Å². The van der Waals surface area contributed by atoms with Crippen LogP contribution in [0.2, 0.25) is 5.02 Å². The summed E-state index contributed by atoms with van der Waals surface area (Å²) in [5, 5.41) is 14.6. The Balaban J connectivity index is 2.01. The molecular weight excluding hydrogens is 254 g/mol. The van der Waals surface area contributed by atoms with Crippen molar-refractivity contribution in [2.75, 3.05) is 26.8 Å².